The van der Waals surface area contributed by atoms with E-state index in [-0.39, 0.29) is 0 Å². The maximum absolute atomic E-state index is 4.54. The molecule has 1 unspecified atom stereocenters. The minimum atomic E-state index is 0.392. The Morgan fingerprint density at radius 2 is 2.19 bits per heavy atom. The van der Waals surface area contributed by atoms with Gasteiger partial charge in [0.1, 0.15) is 5.82 Å². The van der Waals surface area contributed by atoms with Gasteiger partial charge in [-0.2, -0.15) is 0 Å². The van der Waals surface area contributed by atoms with Gasteiger partial charge >= 0.3 is 0 Å². The van der Waals surface area contributed by atoms with Crippen molar-refractivity contribution in [1.82, 2.24) is 4.98 Å². The maximum atomic E-state index is 4.54. The summed E-state index contributed by atoms with van der Waals surface area (Å²) < 4.78 is 1.07. The summed E-state index contributed by atoms with van der Waals surface area (Å²) in [6.45, 7) is 6.70. The third-order valence-electron chi connectivity index (χ3n) is 3.60. The average Bonchev–Trinajstić information content (AvgIpc) is 2.52. The molecule has 1 fully saturated rings. The highest BCUT2D eigenvalue weighted by molar-refractivity contribution is 9.10. The zero-order valence-electron chi connectivity index (χ0n) is 10.2. The molecule has 1 heterocycles. The minimum absolute atomic E-state index is 0.392. The molecule has 3 heteroatoms. The number of pyridine rings is 1. The van der Waals surface area contributed by atoms with Crippen LogP contribution in [-0.2, 0) is 0 Å². The molecule has 0 bridgehead atoms. The number of anilines is 1. The molecule has 2 rings (SSSR count). The van der Waals surface area contributed by atoms with Crippen LogP contribution in [0.15, 0.2) is 16.6 Å². The molecule has 1 atom stereocenters. The molecule has 0 aliphatic heterocycles. The van der Waals surface area contributed by atoms with Gasteiger partial charge in [0.05, 0.1) is 5.69 Å². The largest absolute Gasteiger partial charge is 0.367 e. The molecular formula is C13H19BrN2. The van der Waals surface area contributed by atoms with Crippen molar-refractivity contribution in [3.05, 3.63) is 22.3 Å². The van der Waals surface area contributed by atoms with Crippen LogP contribution in [0.1, 0.15) is 38.8 Å². The number of nitrogens with zero attached hydrogens (tertiary/aromatic N) is 1. The molecule has 0 spiro atoms. The summed E-state index contributed by atoms with van der Waals surface area (Å²) in [4.78, 5) is 4.54. The van der Waals surface area contributed by atoms with Crippen LogP contribution in [0.2, 0.25) is 0 Å². The SMILES string of the molecule is Cc1nc(NC2CCCC2(C)C)ccc1Br. The molecule has 0 saturated heterocycles. The first-order chi connectivity index (χ1) is 7.49. The molecule has 0 radical (unpaired) electrons. The first kappa shape index (κ1) is 11.9. The summed E-state index contributed by atoms with van der Waals surface area (Å²) in [5, 5.41) is 3.57. The van der Waals surface area contributed by atoms with Crippen molar-refractivity contribution in [3.63, 3.8) is 0 Å². The number of halogens is 1. The van der Waals surface area contributed by atoms with Crippen LogP contribution in [0, 0.1) is 12.3 Å². The van der Waals surface area contributed by atoms with Crippen LogP contribution in [0.3, 0.4) is 0 Å². The summed E-state index contributed by atoms with van der Waals surface area (Å²) in [5.41, 5.74) is 1.43. The Kier molecular flexibility index (Phi) is 3.24. The summed E-state index contributed by atoms with van der Waals surface area (Å²) in [6, 6.07) is 4.67. The molecule has 1 aromatic heterocycles. The lowest BCUT2D eigenvalue weighted by Crippen LogP contribution is -2.31. The fraction of sp³-hybridized carbons (Fsp3) is 0.615. The topological polar surface area (TPSA) is 24.9 Å². The van der Waals surface area contributed by atoms with Crippen molar-refractivity contribution in [1.29, 1.82) is 0 Å². The molecule has 1 aromatic rings. The monoisotopic (exact) mass is 282 g/mol. The lowest BCUT2D eigenvalue weighted by molar-refractivity contribution is 0.349. The van der Waals surface area contributed by atoms with Crippen molar-refractivity contribution >= 4 is 21.7 Å². The van der Waals surface area contributed by atoms with E-state index in [2.05, 4.69) is 46.1 Å². The first-order valence-electron chi connectivity index (χ1n) is 5.89. The molecule has 2 nitrogen and oxygen atoms in total. The standard InChI is InChI=1S/C13H19BrN2/c1-9-10(14)6-7-12(15-9)16-11-5-4-8-13(11,2)3/h6-7,11H,4-5,8H2,1-3H3,(H,15,16). The second-order valence-corrected chi connectivity index (χ2v) is 6.20. The van der Waals surface area contributed by atoms with E-state index in [0.29, 0.717) is 11.5 Å². The Bertz CT molecular complexity index is 388. The van der Waals surface area contributed by atoms with Crippen LogP contribution in [0.25, 0.3) is 0 Å². The summed E-state index contributed by atoms with van der Waals surface area (Å²) in [5.74, 6) is 1.00. The van der Waals surface area contributed by atoms with Crippen molar-refractivity contribution in [2.45, 2.75) is 46.1 Å². The maximum Gasteiger partial charge on any atom is 0.126 e. The molecule has 1 aliphatic carbocycles. The van der Waals surface area contributed by atoms with E-state index in [1.807, 2.05) is 13.0 Å². The molecule has 0 amide bonds. The van der Waals surface area contributed by atoms with Gasteiger partial charge in [-0.05, 0) is 53.2 Å². The van der Waals surface area contributed by atoms with Crippen molar-refractivity contribution in [2.75, 3.05) is 5.32 Å². The van der Waals surface area contributed by atoms with E-state index in [9.17, 15) is 0 Å². The highest BCUT2D eigenvalue weighted by Gasteiger charge is 2.34. The Balaban J connectivity index is 2.12. The van der Waals surface area contributed by atoms with Crippen molar-refractivity contribution in [3.8, 4) is 0 Å². The Labute approximate surface area is 106 Å². The third-order valence-corrected chi connectivity index (χ3v) is 4.44. The van der Waals surface area contributed by atoms with Crippen molar-refractivity contribution in [2.24, 2.45) is 5.41 Å². The van der Waals surface area contributed by atoms with Crippen LogP contribution in [-0.4, -0.2) is 11.0 Å². The lowest BCUT2D eigenvalue weighted by Gasteiger charge is -2.28. The van der Waals surface area contributed by atoms with Crippen LogP contribution in [0.4, 0.5) is 5.82 Å². The number of hydrogen-bond donors (Lipinski definition) is 1. The molecule has 1 aliphatic rings. The predicted octanol–water partition coefficient (Wildman–Crippen LogP) is 4.14. The van der Waals surface area contributed by atoms with E-state index in [4.69, 9.17) is 0 Å². The number of rotatable bonds is 2. The van der Waals surface area contributed by atoms with E-state index < -0.39 is 0 Å². The van der Waals surface area contributed by atoms with Crippen LogP contribution in [0.5, 0.6) is 0 Å². The van der Waals surface area contributed by atoms with Gasteiger partial charge in [0.15, 0.2) is 0 Å². The second kappa shape index (κ2) is 4.36. The van der Waals surface area contributed by atoms with E-state index in [0.717, 1.165) is 16.0 Å². The first-order valence-corrected chi connectivity index (χ1v) is 6.68. The summed E-state index contributed by atoms with van der Waals surface area (Å²) in [7, 11) is 0. The molecule has 0 aromatic carbocycles. The molecular weight excluding hydrogens is 264 g/mol. The highest BCUT2D eigenvalue weighted by atomic mass is 79.9. The average molecular weight is 283 g/mol. The Morgan fingerprint density at radius 1 is 1.44 bits per heavy atom. The predicted molar refractivity (Wildman–Crippen MR) is 71.7 cm³/mol. The van der Waals surface area contributed by atoms with Crippen LogP contribution < -0.4 is 5.32 Å². The quantitative estimate of drug-likeness (QED) is 0.882. The molecule has 16 heavy (non-hydrogen) atoms. The third kappa shape index (κ3) is 2.40. The zero-order valence-corrected chi connectivity index (χ0v) is 11.8. The van der Waals surface area contributed by atoms with E-state index >= 15 is 0 Å². The Hall–Kier alpha value is -0.570. The zero-order chi connectivity index (χ0) is 11.8. The molecule has 88 valence electrons. The van der Waals surface area contributed by atoms with Gasteiger partial charge < -0.3 is 5.32 Å². The highest BCUT2D eigenvalue weighted by Crippen LogP contribution is 2.38. The second-order valence-electron chi connectivity index (χ2n) is 5.34. The fourth-order valence-electron chi connectivity index (χ4n) is 2.40. The number of nitrogens with one attached hydrogen (secondary N) is 1. The summed E-state index contributed by atoms with van der Waals surface area (Å²) in [6.07, 6.45) is 3.88. The van der Waals surface area contributed by atoms with Gasteiger partial charge in [-0.15, -0.1) is 0 Å². The van der Waals surface area contributed by atoms with Gasteiger partial charge in [-0.1, -0.05) is 20.3 Å². The molecule has 1 N–H and O–H groups in total. The van der Waals surface area contributed by atoms with Gasteiger partial charge in [0, 0.05) is 10.5 Å². The smallest absolute Gasteiger partial charge is 0.126 e. The normalized spacial score (nSPS) is 23.4. The minimum Gasteiger partial charge on any atom is -0.367 e. The Morgan fingerprint density at radius 3 is 2.75 bits per heavy atom. The van der Waals surface area contributed by atoms with Gasteiger partial charge in [0.2, 0.25) is 0 Å². The number of aromatic nitrogens is 1. The van der Waals surface area contributed by atoms with E-state index in [1.54, 1.807) is 0 Å². The van der Waals surface area contributed by atoms with Gasteiger partial charge in [0.25, 0.3) is 0 Å². The van der Waals surface area contributed by atoms with Crippen LogP contribution >= 0.6 is 15.9 Å². The van der Waals surface area contributed by atoms with Gasteiger partial charge in [-0.3, -0.25) is 0 Å². The molecule has 1 saturated carbocycles. The fourth-order valence-corrected chi connectivity index (χ4v) is 2.62. The number of aryl methyl sites for hydroxylation is 1. The lowest BCUT2D eigenvalue weighted by atomic mass is 9.87. The number of hydrogen-bond acceptors (Lipinski definition) is 2. The summed E-state index contributed by atoms with van der Waals surface area (Å²) >= 11 is 3.47. The van der Waals surface area contributed by atoms with Crippen molar-refractivity contribution < 1.29 is 0 Å². The van der Waals surface area contributed by atoms with Gasteiger partial charge in [-0.25, -0.2) is 4.98 Å². The van der Waals surface area contributed by atoms with E-state index in [1.165, 1.54) is 19.3 Å².